The molecule has 2 saturated heterocycles. The second kappa shape index (κ2) is 14.3. The second-order valence-corrected chi connectivity index (χ2v) is 13.0. The predicted octanol–water partition coefficient (Wildman–Crippen LogP) is 4.51. The molecule has 0 amide bonds. The van der Waals surface area contributed by atoms with E-state index in [2.05, 4.69) is 30.5 Å². The summed E-state index contributed by atoms with van der Waals surface area (Å²) in [5.41, 5.74) is 1.25. The molecule has 2 aliphatic heterocycles. The third-order valence-corrected chi connectivity index (χ3v) is 9.52. The number of benzene rings is 2. The highest BCUT2D eigenvalue weighted by Gasteiger charge is 2.46. The van der Waals surface area contributed by atoms with E-state index in [4.69, 9.17) is 37.4 Å². The van der Waals surface area contributed by atoms with Gasteiger partial charge in [0, 0.05) is 42.8 Å². The molecule has 0 spiro atoms. The zero-order chi connectivity index (χ0) is 34.8. The average molecular weight is 726 g/mol. The number of hydrogen-bond acceptors (Lipinski definition) is 11. The molecule has 0 unspecified atom stereocenters. The van der Waals surface area contributed by atoms with Crippen molar-refractivity contribution < 1.29 is 18.6 Å². The van der Waals surface area contributed by atoms with Crippen LogP contribution in [-0.4, -0.2) is 85.0 Å². The molecule has 14 nitrogen and oxygen atoms in total. The van der Waals surface area contributed by atoms with Gasteiger partial charge in [-0.1, -0.05) is 36.2 Å². The maximum absolute atomic E-state index is 15.3. The summed E-state index contributed by atoms with van der Waals surface area (Å²) in [7, 11) is 0. The van der Waals surface area contributed by atoms with Gasteiger partial charge in [-0.3, -0.25) is 0 Å². The van der Waals surface area contributed by atoms with Crippen molar-refractivity contribution in [1.82, 2.24) is 39.5 Å². The third kappa shape index (κ3) is 6.90. The van der Waals surface area contributed by atoms with Gasteiger partial charge in [0.15, 0.2) is 0 Å². The lowest BCUT2D eigenvalue weighted by Crippen LogP contribution is -2.47. The fourth-order valence-corrected chi connectivity index (χ4v) is 6.65. The van der Waals surface area contributed by atoms with E-state index in [-0.39, 0.29) is 37.3 Å². The molecule has 0 N–H and O–H groups in total. The predicted molar refractivity (Wildman–Crippen MR) is 184 cm³/mol. The van der Waals surface area contributed by atoms with Crippen molar-refractivity contribution in [3.05, 3.63) is 99.3 Å². The van der Waals surface area contributed by atoms with Crippen LogP contribution in [0.4, 0.5) is 15.9 Å². The van der Waals surface area contributed by atoms with Crippen molar-refractivity contribution in [3.63, 3.8) is 0 Å². The minimum absolute atomic E-state index is 0.0396. The topological polar surface area (TPSA) is 130 Å². The number of tetrazole rings is 1. The number of rotatable bonds is 11. The molecule has 0 saturated carbocycles. The molecule has 0 bridgehead atoms. The summed E-state index contributed by atoms with van der Waals surface area (Å²) in [4.78, 5) is 21.6. The molecule has 0 radical (unpaired) electrons. The third-order valence-electron chi connectivity index (χ3n) is 8.97. The Bertz CT molecular complexity index is 1990. The molecular weight excluding hydrogens is 690 g/mol. The van der Waals surface area contributed by atoms with Crippen LogP contribution in [0, 0.1) is 5.82 Å². The first-order valence-corrected chi connectivity index (χ1v) is 17.0. The zero-order valence-corrected chi connectivity index (χ0v) is 28.9. The summed E-state index contributed by atoms with van der Waals surface area (Å²) in [6, 6.07) is 13.7. The lowest BCUT2D eigenvalue weighted by atomic mass is 10.1. The first-order valence-electron chi connectivity index (χ1n) is 16.3. The normalized spacial score (nSPS) is 20.0. The second-order valence-electron chi connectivity index (χ2n) is 12.2. The van der Waals surface area contributed by atoms with Crippen LogP contribution in [0.5, 0.6) is 5.75 Å². The summed E-state index contributed by atoms with van der Waals surface area (Å²) in [5, 5.41) is 16.5. The number of ether oxygens (including phenoxy) is 3. The van der Waals surface area contributed by atoms with Crippen molar-refractivity contribution in [1.29, 1.82) is 0 Å². The monoisotopic (exact) mass is 724 g/mol. The van der Waals surface area contributed by atoms with Gasteiger partial charge in [0.05, 0.1) is 35.2 Å². The van der Waals surface area contributed by atoms with E-state index in [1.807, 2.05) is 30.9 Å². The van der Waals surface area contributed by atoms with E-state index < -0.39 is 11.9 Å². The molecule has 3 aromatic heterocycles. The highest BCUT2D eigenvalue weighted by atomic mass is 35.5. The van der Waals surface area contributed by atoms with Gasteiger partial charge in [0.25, 0.3) is 0 Å². The molecule has 5 aromatic rings. The number of halogens is 3. The van der Waals surface area contributed by atoms with Crippen LogP contribution < -0.4 is 20.2 Å². The minimum Gasteiger partial charge on any atom is -0.489 e. The number of hydrogen-bond donors (Lipinski definition) is 0. The van der Waals surface area contributed by atoms with Gasteiger partial charge in [0.1, 0.15) is 49.3 Å². The van der Waals surface area contributed by atoms with Crippen molar-refractivity contribution in [2.75, 3.05) is 49.2 Å². The lowest BCUT2D eigenvalue weighted by molar-refractivity contribution is -0.190. The van der Waals surface area contributed by atoms with Crippen molar-refractivity contribution >= 4 is 34.7 Å². The fraction of sp³-hybridized carbons (Fsp3) is 0.394. The smallest absolute Gasteiger partial charge is 0.350 e. The van der Waals surface area contributed by atoms with Gasteiger partial charge in [-0.25, -0.2) is 28.1 Å². The molecule has 0 aliphatic carbocycles. The molecule has 2 fully saturated rings. The Balaban J connectivity index is 0.939. The number of piperazine rings is 1. The number of nitrogens with zero attached hydrogens (tertiary/aromatic N) is 10. The van der Waals surface area contributed by atoms with Gasteiger partial charge < -0.3 is 24.0 Å². The summed E-state index contributed by atoms with van der Waals surface area (Å²) >= 11 is 12.7. The van der Waals surface area contributed by atoms with E-state index in [0.29, 0.717) is 58.9 Å². The van der Waals surface area contributed by atoms with Crippen molar-refractivity contribution in [3.8, 4) is 11.4 Å². The van der Waals surface area contributed by atoms with Gasteiger partial charge >= 0.3 is 5.69 Å². The van der Waals surface area contributed by atoms with E-state index in [9.17, 15) is 4.79 Å². The number of pyridine rings is 1. The molecule has 2 aliphatic rings. The summed E-state index contributed by atoms with van der Waals surface area (Å²) in [5.74, 6) is -0.255. The maximum atomic E-state index is 15.3. The van der Waals surface area contributed by atoms with Crippen LogP contribution in [0.25, 0.3) is 5.69 Å². The highest BCUT2D eigenvalue weighted by molar-refractivity contribution is 6.35. The molecule has 50 heavy (non-hydrogen) atoms. The summed E-state index contributed by atoms with van der Waals surface area (Å²) in [6.45, 7) is 7.05. The number of aromatic nitrogens is 8. The Labute approximate surface area is 296 Å². The van der Waals surface area contributed by atoms with Crippen LogP contribution in [0.2, 0.25) is 10.0 Å². The van der Waals surface area contributed by atoms with E-state index in [0.717, 1.165) is 12.2 Å². The quantitative estimate of drug-likeness (QED) is 0.191. The Morgan fingerprint density at radius 1 is 1.06 bits per heavy atom. The first-order chi connectivity index (χ1) is 24.2. The van der Waals surface area contributed by atoms with E-state index in [1.165, 1.54) is 32.7 Å². The van der Waals surface area contributed by atoms with Gasteiger partial charge in [-0.15, -0.1) is 5.10 Å². The molecule has 5 heterocycles. The number of anilines is 2. The lowest BCUT2D eigenvalue weighted by Gasteiger charge is -2.36. The van der Waals surface area contributed by atoms with Crippen molar-refractivity contribution in [2.24, 2.45) is 0 Å². The Hall–Kier alpha value is -4.57. The first kappa shape index (κ1) is 33.9. The van der Waals surface area contributed by atoms with Crippen molar-refractivity contribution in [2.45, 2.75) is 44.7 Å². The Morgan fingerprint density at radius 2 is 1.88 bits per heavy atom. The van der Waals surface area contributed by atoms with E-state index >= 15 is 4.39 Å². The average Bonchev–Trinajstić information content (AvgIpc) is 3.88. The Kier molecular flexibility index (Phi) is 9.73. The molecule has 17 heteroatoms. The van der Waals surface area contributed by atoms with Crippen LogP contribution >= 0.6 is 23.2 Å². The maximum Gasteiger partial charge on any atom is 0.350 e. The molecular formula is C33H35Cl2FN10O4. The van der Waals surface area contributed by atoms with Gasteiger partial charge in [-0.2, -0.15) is 5.10 Å². The minimum atomic E-state index is -1.24. The van der Waals surface area contributed by atoms with Crippen LogP contribution in [0.1, 0.15) is 31.9 Å². The van der Waals surface area contributed by atoms with Gasteiger partial charge in [-0.05, 0) is 60.2 Å². The zero-order valence-electron chi connectivity index (χ0n) is 27.4. The molecule has 7 rings (SSSR count). The van der Waals surface area contributed by atoms with Crippen LogP contribution in [-0.2, 0) is 21.8 Å². The molecule has 262 valence electrons. The molecule has 2 aromatic carbocycles. The SMILES string of the molecule is CC[C@@H](C)n1ncn(-c2ccc(N3CCN(c4ccc(OC[C@@H]5CO[C@@](Cn6cnnn6)(c6ccc(Cl)cc6Cl)O5)cn4)CC3)c(F)c2)c1=O. The standard InChI is InChI=1S/C33H35Cl2FN10O4/c1-3-22(2)46-32(47)45(21-39-46)24-5-8-30(29(36)15-24)42-10-12-43(13-11-42)31-9-6-25(16-37-31)48-17-26-18-49-33(50-26,19-44-20-38-40-41-44)27-7-4-23(34)14-28(27)35/h4-9,14-16,20-22,26H,3,10-13,17-19H2,1-2H3/t22-,26-,33-/m1/s1. The van der Waals surface area contributed by atoms with Gasteiger partial charge in [0.2, 0.25) is 5.79 Å². The highest BCUT2D eigenvalue weighted by Crippen LogP contribution is 2.40. The fourth-order valence-electron chi connectivity index (χ4n) is 6.10. The summed E-state index contributed by atoms with van der Waals surface area (Å²) < 4.78 is 38.3. The Morgan fingerprint density at radius 3 is 2.58 bits per heavy atom. The van der Waals surface area contributed by atoms with E-state index in [1.54, 1.807) is 36.5 Å². The summed E-state index contributed by atoms with van der Waals surface area (Å²) in [6.07, 6.45) is 4.94. The molecule has 3 atom stereocenters. The van der Waals surface area contributed by atoms with Crippen LogP contribution in [0.3, 0.4) is 0 Å². The largest absolute Gasteiger partial charge is 0.489 e. The van der Waals surface area contributed by atoms with Crippen LogP contribution in [0.15, 0.2) is 72.2 Å².